The zero-order chi connectivity index (χ0) is 15.1. The monoisotopic (exact) mass is 320 g/mol. The predicted molar refractivity (Wildman–Crippen MR) is 66.1 cm³/mol. The molecule has 0 aliphatic carbocycles. The van der Waals surface area contributed by atoms with E-state index in [1.165, 1.54) is 7.05 Å². The third-order valence-electron chi connectivity index (χ3n) is 2.46. The van der Waals surface area contributed by atoms with Crippen molar-refractivity contribution in [2.45, 2.75) is 5.16 Å². The van der Waals surface area contributed by atoms with Crippen molar-refractivity contribution in [1.29, 1.82) is 0 Å². The topological polar surface area (TPSA) is 108 Å². The Hall–Kier alpha value is -2.07. The summed E-state index contributed by atoms with van der Waals surface area (Å²) in [6.07, 6.45) is 0. The van der Waals surface area contributed by atoms with Crippen LogP contribution >= 0.6 is 10.7 Å². The van der Waals surface area contributed by atoms with E-state index in [2.05, 4.69) is 10.2 Å². The minimum atomic E-state index is -4.12. The molecule has 0 atom stereocenters. The van der Waals surface area contributed by atoms with Crippen LogP contribution in [0.3, 0.4) is 0 Å². The highest BCUT2D eigenvalue weighted by molar-refractivity contribution is 8.13. The number of hydrogen-bond acceptors (Lipinski definition) is 6. The van der Waals surface area contributed by atoms with Gasteiger partial charge in [-0.1, -0.05) is 0 Å². The third kappa shape index (κ3) is 2.47. The average Bonchev–Trinajstić information content (AvgIpc) is 2.70. The van der Waals surface area contributed by atoms with Gasteiger partial charge in [-0.2, -0.15) is 0 Å². The molecule has 106 valence electrons. The molecule has 8 nitrogen and oxygen atoms in total. The molecule has 2 rings (SSSR count). The Kier molecular flexibility index (Phi) is 3.44. The molecule has 0 saturated carbocycles. The number of halogens is 2. The lowest BCUT2D eigenvalue weighted by molar-refractivity contribution is -0.385. The van der Waals surface area contributed by atoms with Gasteiger partial charge < -0.3 is 0 Å². The molecular formula is C9H6ClFN4O4S. The number of non-ortho nitro benzene ring substituents is 1. The maximum Gasteiger partial charge on any atom is 0.296 e. The summed E-state index contributed by atoms with van der Waals surface area (Å²) in [6.45, 7) is 0. The number of nitrogens with zero attached hydrogens (tertiary/aromatic N) is 4. The highest BCUT2D eigenvalue weighted by Gasteiger charge is 2.23. The lowest BCUT2D eigenvalue weighted by atomic mass is 10.2. The molecule has 0 aliphatic rings. The fourth-order valence-electron chi connectivity index (χ4n) is 1.56. The van der Waals surface area contributed by atoms with Gasteiger partial charge in [-0.15, -0.1) is 10.2 Å². The molecule has 1 aromatic heterocycles. The van der Waals surface area contributed by atoms with E-state index >= 15 is 0 Å². The van der Waals surface area contributed by atoms with Crippen molar-refractivity contribution in [3.63, 3.8) is 0 Å². The normalized spacial score (nSPS) is 11.6. The first kappa shape index (κ1) is 14.3. The first-order chi connectivity index (χ1) is 9.21. The fourth-order valence-corrected chi connectivity index (χ4v) is 2.52. The van der Waals surface area contributed by atoms with Gasteiger partial charge in [0.2, 0.25) is 0 Å². The summed E-state index contributed by atoms with van der Waals surface area (Å²) in [7, 11) is 2.30. The first-order valence-corrected chi connectivity index (χ1v) is 7.31. The van der Waals surface area contributed by atoms with Gasteiger partial charge in [-0.3, -0.25) is 14.7 Å². The van der Waals surface area contributed by atoms with E-state index in [0.29, 0.717) is 6.07 Å². The van der Waals surface area contributed by atoms with E-state index in [0.717, 1.165) is 16.7 Å². The van der Waals surface area contributed by atoms with Crippen LogP contribution in [-0.4, -0.2) is 28.1 Å². The molecule has 0 radical (unpaired) electrons. The van der Waals surface area contributed by atoms with Crippen LogP contribution in [0.15, 0.2) is 23.4 Å². The summed E-state index contributed by atoms with van der Waals surface area (Å²) >= 11 is 0. The standard InChI is InChI=1S/C9H6ClFN4O4S/c1-14-8(12-13-9(14)20(10,18)19)6-3-2-5(15(16)17)4-7(6)11/h2-4H,1H3. The second-order valence-corrected chi connectivity index (χ2v) is 6.18. The summed E-state index contributed by atoms with van der Waals surface area (Å²) in [4.78, 5) is 9.76. The van der Waals surface area contributed by atoms with Crippen LogP contribution in [0.2, 0.25) is 0 Å². The lowest BCUT2D eigenvalue weighted by Crippen LogP contribution is -2.03. The number of rotatable bonds is 3. The van der Waals surface area contributed by atoms with E-state index in [4.69, 9.17) is 10.7 Å². The quantitative estimate of drug-likeness (QED) is 0.481. The Morgan fingerprint density at radius 2 is 2.05 bits per heavy atom. The zero-order valence-corrected chi connectivity index (χ0v) is 11.4. The van der Waals surface area contributed by atoms with Gasteiger partial charge in [-0.05, 0) is 6.07 Å². The molecule has 0 spiro atoms. The Bertz CT molecular complexity index is 804. The van der Waals surface area contributed by atoms with Crippen molar-refractivity contribution < 1.29 is 17.7 Å². The van der Waals surface area contributed by atoms with Gasteiger partial charge in [0.05, 0.1) is 16.6 Å². The molecule has 0 N–H and O–H groups in total. The Balaban J connectivity index is 2.59. The Morgan fingerprint density at radius 3 is 2.50 bits per heavy atom. The number of nitro benzene ring substituents is 1. The summed E-state index contributed by atoms with van der Waals surface area (Å²) in [5, 5.41) is 16.8. The number of benzene rings is 1. The van der Waals surface area contributed by atoms with E-state index < -0.39 is 30.6 Å². The van der Waals surface area contributed by atoms with Gasteiger partial charge >= 0.3 is 0 Å². The smallest absolute Gasteiger partial charge is 0.296 e. The predicted octanol–water partition coefficient (Wildman–Crippen LogP) is 1.46. The molecule has 0 unspecified atom stereocenters. The molecule has 0 bridgehead atoms. The van der Waals surface area contributed by atoms with Crippen molar-refractivity contribution in [3.05, 3.63) is 34.1 Å². The van der Waals surface area contributed by atoms with Gasteiger partial charge in [0.1, 0.15) is 5.82 Å². The second-order valence-electron chi connectivity index (χ2n) is 3.72. The molecule has 1 heterocycles. The number of aromatic nitrogens is 3. The van der Waals surface area contributed by atoms with Crippen molar-refractivity contribution in [2.24, 2.45) is 7.05 Å². The molecule has 1 aromatic carbocycles. The Morgan fingerprint density at radius 1 is 1.40 bits per heavy atom. The molecule has 0 aliphatic heterocycles. The van der Waals surface area contributed by atoms with Gasteiger partial charge in [-0.25, -0.2) is 12.8 Å². The first-order valence-electron chi connectivity index (χ1n) is 5.00. The molecule has 0 amide bonds. The second kappa shape index (κ2) is 4.80. The van der Waals surface area contributed by atoms with E-state index in [-0.39, 0.29) is 11.4 Å². The maximum atomic E-state index is 13.8. The maximum absolute atomic E-state index is 13.8. The third-order valence-corrected chi connectivity index (χ3v) is 3.66. The SMILES string of the molecule is Cn1c(-c2ccc([N+](=O)[O-])cc2F)nnc1S(=O)(=O)Cl. The molecular weight excluding hydrogens is 315 g/mol. The zero-order valence-electron chi connectivity index (χ0n) is 9.82. The van der Waals surface area contributed by atoms with E-state index in [9.17, 15) is 22.9 Å². The minimum absolute atomic E-state index is 0.114. The lowest BCUT2D eigenvalue weighted by Gasteiger charge is -2.03. The van der Waals surface area contributed by atoms with Crippen LogP contribution in [0.4, 0.5) is 10.1 Å². The van der Waals surface area contributed by atoms with Crippen LogP contribution in [-0.2, 0) is 16.1 Å². The minimum Gasteiger partial charge on any atom is -0.300 e. The largest absolute Gasteiger partial charge is 0.300 e. The van der Waals surface area contributed by atoms with E-state index in [1.54, 1.807) is 0 Å². The highest BCUT2D eigenvalue weighted by atomic mass is 35.7. The van der Waals surface area contributed by atoms with Crippen LogP contribution in [0.1, 0.15) is 0 Å². The van der Waals surface area contributed by atoms with Gasteiger partial charge in [0.15, 0.2) is 5.82 Å². The van der Waals surface area contributed by atoms with Gasteiger partial charge in [0.25, 0.3) is 19.9 Å². The molecule has 0 fully saturated rings. The van der Waals surface area contributed by atoms with Crippen LogP contribution in [0.5, 0.6) is 0 Å². The summed E-state index contributed by atoms with van der Waals surface area (Å²) < 4.78 is 37.2. The average molecular weight is 321 g/mol. The number of hydrogen-bond donors (Lipinski definition) is 0. The van der Waals surface area contributed by atoms with E-state index in [1.807, 2.05) is 0 Å². The summed E-state index contributed by atoms with van der Waals surface area (Å²) in [6, 6.07) is 2.89. The van der Waals surface area contributed by atoms with Crippen molar-refractivity contribution >= 4 is 25.4 Å². The highest BCUT2D eigenvalue weighted by Crippen LogP contribution is 2.26. The molecule has 11 heteroatoms. The van der Waals surface area contributed by atoms with Crippen molar-refractivity contribution in [2.75, 3.05) is 0 Å². The van der Waals surface area contributed by atoms with Crippen molar-refractivity contribution in [1.82, 2.24) is 14.8 Å². The summed E-state index contributed by atoms with van der Waals surface area (Å²) in [5.41, 5.74) is -0.559. The van der Waals surface area contributed by atoms with Gasteiger partial charge in [0, 0.05) is 23.8 Å². The van der Waals surface area contributed by atoms with Crippen LogP contribution < -0.4 is 0 Å². The Labute approximate surface area is 116 Å². The fraction of sp³-hybridized carbons (Fsp3) is 0.111. The summed E-state index contributed by atoms with van der Waals surface area (Å²) in [5.74, 6) is -1.04. The molecule has 20 heavy (non-hydrogen) atoms. The van der Waals surface area contributed by atoms with Crippen LogP contribution in [0, 0.1) is 15.9 Å². The molecule has 2 aromatic rings. The van der Waals surface area contributed by atoms with Crippen LogP contribution in [0.25, 0.3) is 11.4 Å². The number of nitro groups is 1. The molecule has 0 saturated heterocycles. The van der Waals surface area contributed by atoms with Crippen molar-refractivity contribution in [3.8, 4) is 11.4 Å².